The lowest BCUT2D eigenvalue weighted by atomic mass is 10.3. The fourth-order valence-electron chi connectivity index (χ4n) is 1.93. The van der Waals surface area contributed by atoms with Crippen LogP contribution in [0.5, 0.6) is 0 Å². The van der Waals surface area contributed by atoms with E-state index >= 15 is 0 Å². The molecule has 1 fully saturated rings. The van der Waals surface area contributed by atoms with Crippen LogP contribution in [0.2, 0.25) is 0 Å². The average Bonchev–Trinajstić information content (AvgIpc) is 3.30. The first-order valence-corrected chi connectivity index (χ1v) is 9.92. The van der Waals surface area contributed by atoms with Crippen LogP contribution in [0.15, 0.2) is 11.0 Å². The van der Waals surface area contributed by atoms with E-state index in [0.29, 0.717) is 18.4 Å². The molecule has 1 aromatic heterocycles. The number of hydrogen-bond donors (Lipinski definition) is 2. The summed E-state index contributed by atoms with van der Waals surface area (Å²) >= 11 is 1.60. The Bertz CT molecular complexity index is 788. The molecule has 1 saturated carbocycles. The lowest BCUT2D eigenvalue weighted by Gasteiger charge is -2.13. The van der Waals surface area contributed by atoms with Gasteiger partial charge in [-0.25, -0.2) is 17.9 Å². The van der Waals surface area contributed by atoms with Crippen molar-refractivity contribution in [1.82, 2.24) is 14.3 Å². The Hall–Kier alpha value is -1.50. The van der Waals surface area contributed by atoms with Gasteiger partial charge in [-0.15, -0.1) is 11.8 Å². The number of anilines is 1. The van der Waals surface area contributed by atoms with E-state index in [9.17, 15) is 13.2 Å². The maximum Gasteiger partial charge on any atom is 0.350 e. The fraction of sp³-hybridized carbons (Fsp3) is 0.571. The number of nitrogens with zero attached hydrogens (tertiary/aromatic N) is 2. The standard InChI is InChI=1S/C14H20N4O3S2/c1-3-22-10(2)18-9-11(13(15)17-14(18)19)5-4-8-16-23(20,21)12-6-7-12/h9-10,12,16H,3,6-8H2,1-2H3,(H2,15,17,19)/t10-/m1/s1. The number of sulfonamides is 1. The van der Waals surface area contributed by atoms with E-state index < -0.39 is 15.7 Å². The summed E-state index contributed by atoms with van der Waals surface area (Å²) in [5, 5.41) is -0.348. The molecule has 0 spiro atoms. The van der Waals surface area contributed by atoms with Crippen LogP contribution in [0.25, 0.3) is 0 Å². The third kappa shape index (κ3) is 4.73. The number of nitrogens with two attached hydrogens (primary N) is 1. The van der Waals surface area contributed by atoms with E-state index in [-0.39, 0.29) is 23.0 Å². The molecule has 0 unspecified atom stereocenters. The molecule has 1 atom stereocenters. The van der Waals surface area contributed by atoms with Gasteiger partial charge in [-0.2, -0.15) is 4.98 Å². The predicted octanol–water partition coefficient (Wildman–Crippen LogP) is 0.530. The van der Waals surface area contributed by atoms with Gasteiger partial charge < -0.3 is 5.73 Å². The number of hydrogen-bond acceptors (Lipinski definition) is 6. The highest BCUT2D eigenvalue weighted by Crippen LogP contribution is 2.27. The molecular weight excluding hydrogens is 336 g/mol. The van der Waals surface area contributed by atoms with Crippen LogP contribution < -0.4 is 16.1 Å². The summed E-state index contributed by atoms with van der Waals surface area (Å²) in [5.41, 5.74) is 5.71. The van der Waals surface area contributed by atoms with E-state index in [1.165, 1.54) is 4.57 Å². The number of nitrogen functional groups attached to an aromatic ring is 1. The van der Waals surface area contributed by atoms with Gasteiger partial charge in [0, 0.05) is 6.20 Å². The molecule has 0 saturated heterocycles. The molecule has 0 aliphatic heterocycles. The molecule has 23 heavy (non-hydrogen) atoms. The summed E-state index contributed by atoms with van der Waals surface area (Å²) in [7, 11) is -3.25. The van der Waals surface area contributed by atoms with Crippen LogP contribution in [-0.4, -0.2) is 35.5 Å². The molecule has 0 radical (unpaired) electrons. The van der Waals surface area contributed by atoms with Crippen LogP contribution in [0.4, 0.5) is 5.82 Å². The van der Waals surface area contributed by atoms with E-state index in [0.717, 1.165) is 5.75 Å². The Balaban J connectivity index is 2.12. The lowest BCUT2D eigenvalue weighted by molar-refractivity contribution is 0.584. The zero-order valence-corrected chi connectivity index (χ0v) is 14.7. The molecule has 1 heterocycles. The van der Waals surface area contributed by atoms with Crippen molar-refractivity contribution in [2.75, 3.05) is 18.0 Å². The molecule has 7 nitrogen and oxygen atoms in total. The van der Waals surface area contributed by atoms with Crippen molar-refractivity contribution in [1.29, 1.82) is 0 Å². The zero-order chi connectivity index (χ0) is 17.0. The molecule has 0 aromatic carbocycles. The van der Waals surface area contributed by atoms with E-state index in [1.54, 1.807) is 18.0 Å². The van der Waals surface area contributed by atoms with Crippen molar-refractivity contribution in [3.8, 4) is 11.8 Å². The minimum atomic E-state index is -3.25. The van der Waals surface area contributed by atoms with Gasteiger partial charge in [0.2, 0.25) is 10.0 Å². The zero-order valence-electron chi connectivity index (χ0n) is 13.1. The van der Waals surface area contributed by atoms with Crippen LogP contribution >= 0.6 is 11.8 Å². The van der Waals surface area contributed by atoms with Crippen molar-refractivity contribution < 1.29 is 8.42 Å². The highest BCUT2D eigenvalue weighted by Gasteiger charge is 2.34. The Morgan fingerprint density at radius 2 is 2.26 bits per heavy atom. The lowest BCUT2D eigenvalue weighted by Crippen LogP contribution is -2.27. The Morgan fingerprint density at radius 1 is 1.57 bits per heavy atom. The summed E-state index contributed by atoms with van der Waals surface area (Å²) in [5.74, 6) is 6.41. The third-order valence-electron chi connectivity index (χ3n) is 3.33. The third-order valence-corrected chi connectivity index (χ3v) is 6.27. The molecule has 9 heteroatoms. The highest BCUT2D eigenvalue weighted by molar-refractivity contribution is 7.99. The van der Waals surface area contributed by atoms with Crippen molar-refractivity contribution >= 4 is 27.6 Å². The van der Waals surface area contributed by atoms with Gasteiger partial charge in [0.25, 0.3) is 0 Å². The Morgan fingerprint density at radius 3 is 2.87 bits per heavy atom. The summed E-state index contributed by atoms with van der Waals surface area (Å²) in [6, 6.07) is 0. The predicted molar refractivity (Wildman–Crippen MR) is 92.6 cm³/mol. The first-order chi connectivity index (χ1) is 10.8. The van der Waals surface area contributed by atoms with E-state index in [2.05, 4.69) is 21.5 Å². The van der Waals surface area contributed by atoms with Gasteiger partial charge in [0.05, 0.1) is 22.7 Å². The topological polar surface area (TPSA) is 107 Å². The SMILES string of the molecule is CCS[C@H](C)n1cc(C#CCNS(=O)(=O)C2CC2)c(N)nc1=O. The number of rotatable bonds is 6. The van der Waals surface area contributed by atoms with Crippen LogP contribution in [-0.2, 0) is 10.0 Å². The normalized spacial score (nSPS) is 15.7. The van der Waals surface area contributed by atoms with Crippen molar-refractivity contribution in [2.45, 2.75) is 37.3 Å². The minimum absolute atomic E-state index is 0.0106. The second-order valence-electron chi connectivity index (χ2n) is 5.15. The molecule has 1 aromatic rings. The number of thioether (sulfide) groups is 1. The van der Waals surface area contributed by atoms with Gasteiger partial charge in [0.15, 0.2) is 0 Å². The van der Waals surface area contributed by atoms with Crippen LogP contribution in [0, 0.1) is 11.8 Å². The second kappa shape index (κ2) is 7.38. The van der Waals surface area contributed by atoms with Gasteiger partial charge >= 0.3 is 5.69 Å². The van der Waals surface area contributed by atoms with E-state index in [4.69, 9.17) is 5.73 Å². The molecule has 1 aliphatic carbocycles. The van der Waals surface area contributed by atoms with Gasteiger partial charge in [0.1, 0.15) is 5.82 Å². The average molecular weight is 356 g/mol. The molecule has 1 aliphatic rings. The Labute approximate surface area is 140 Å². The van der Waals surface area contributed by atoms with Gasteiger partial charge in [-0.05, 0) is 25.5 Å². The van der Waals surface area contributed by atoms with Crippen LogP contribution in [0.3, 0.4) is 0 Å². The summed E-state index contributed by atoms with van der Waals surface area (Å²) < 4.78 is 27.3. The van der Waals surface area contributed by atoms with Gasteiger partial charge in [-0.1, -0.05) is 18.8 Å². The molecule has 2 rings (SSSR count). The summed E-state index contributed by atoms with van der Waals surface area (Å²) in [6.07, 6.45) is 2.98. The van der Waals surface area contributed by atoms with Crippen molar-refractivity contribution in [2.24, 2.45) is 0 Å². The monoisotopic (exact) mass is 356 g/mol. The van der Waals surface area contributed by atoms with Crippen molar-refractivity contribution in [3.05, 3.63) is 22.2 Å². The summed E-state index contributed by atoms with van der Waals surface area (Å²) in [6.45, 7) is 3.91. The molecule has 3 N–H and O–H groups in total. The maximum absolute atomic E-state index is 11.9. The molecule has 126 valence electrons. The largest absolute Gasteiger partial charge is 0.382 e. The first kappa shape index (κ1) is 17.8. The smallest absolute Gasteiger partial charge is 0.350 e. The minimum Gasteiger partial charge on any atom is -0.382 e. The van der Waals surface area contributed by atoms with Gasteiger partial charge in [-0.3, -0.25) is 4.57 Å². The molecular formula is C14H20N4O3S2. The molecule has 0 amide bonds. The van der Waals surface area contributed by atoms with E-state index in [1.807, 2.05) is 13.8 Å². The number of aromatic nitrogens is 2. The quantitative estimate of drug-likeness (QED) is 0.720. The molecule has 0 bridgehead atoms. The first-order valence-electron chi connectivity index (χ1n) is 7.32. The maximum atomic E-state index is 11.9. The fourth-order valence-corrected chi connectivity index (χ4v) is 3.99. The second-order valence-corrected chi connectivity index (χ2v) is 8.79. The Kier molecular flexibility index (Phi) is 5.73. The van der Waals surface area contributed by atoms with Crippen LogP contribution in [0.1, 0.15) is 37.6 Å². The summed E-state index contributed by atoms with van der Waals surface area (Å²) in [4.78, 5) is 15.6. The highest BCUT2D eigenvalue weighted by atomic mass is 32.2. The van der Waals surface area contributed by atoms with Crippen molar-refractivity contribution in [3.63, 3.8) is 0 Å². The number of nitrogens with one attached hydrogen (secondary N) is 1.